The Balaban J connectivity index is 1.53. The highest BCUT2D eigenvalue weighted by molar-refractivity contribution is 8.01. The van der Waals surface area contributed by atoms with Crippen molar-refractivity contribution in [1.29, 1.82) is 0 Å². The summed E-state index contributed by atoms with van der Waals surface area (Å²) >= 11 is 2.53. The quantitative estimate of drug-likeness (QED) is 0.459. The number of carboxylic acids is 1. The summed E-state index contributed by atoms with van der Waals surface area (Å²) in [4.78, 5) is 30.0. The second-order valence-electron chi connectivity index (χ2n) is 8.68. The highest BCUT2D eigenvalue weighted by atomic mass is 32.2. The summed E-state index contributed by atoms with van der Waals surface area (Å²) in [6.45, 7) is 5.98. The maximum atomic E-state index is 13.1. The minimum Gasteiger partial charge on any atom is -0.481 e. The zero-order chi connectivity index (χ0) is 21.5. The van der Waals surface area contributed by atoms with Crippen molar-refractivity contribution in [2.75, 3.05) is 24.2 Å². The summed E-state index contributed by atoms with van der Waals surface area (Å²) in [5, 5.41) is 12.3. The van der Waals surface area contributed by atoms with E-state index in [1.807, 2.05) is 4.90 Å². The molecule has 1 aromatic rings. The van der Waals surface area contributed by atoms with Crippen molar-refractivity contribution in [2.24, 2.45) is 11.8 Å². The van der Waals surface area contributed by atoms with Crippen LogP contribution in [0, 0.1) is 11.8 Å². The van der Waals surface area contributed by atoms with Crippen LogP contribution >= 0.6 is 23.1 Å². The smallest absolute Gasteiger partial charge is 0.323 e. The molecule has 0 unspecified atom stereocenters. The van der Waals surface area contributed by atoms with Crippen LogP contribution in [-0.4, -0.2) is 58.0 Å². The van der Waals surface area contributed by atoms with Crippen molar-refractivity contribution < 1.29 is 19.4 Å². The number of ether oxygens (including phenoxy) is 1. The van der Waals surface area contributed by atoms with Gasteiger partial charge in [-0.05, 0) is 56.8 Å². The van der Waals surface area contributed by atoms with Crippen molar-refractivity contribution >= 4 is 40.2 Å². The second-order valence-corrected chi connectivity index (χ2v) is 11.0. The minimum absolute atomic E-state index is 0.0118. The summed E-state index contributed by atoms with van der Waals surface area (Å²) in [6.07, 6.45) is 9.50. The van der Waals surface area contributed by atoms with Gasteiger partial charge in [-0.15, -0.1) is 11.8 Å². The number of nitrogens with zero attached hydrogens (tertiary/aromatic N) is 2. The van der Waals surface area contributed by atoms with E-state index in [1.54, 1.807) is 6.20 Å². The molecule has 0 atom stereocenters. The Hall–Kier alpha value is -1.32. The highest BCUT2D eigenvalue weighted by Gasteiger charge is 2.31. The standard InChI is InChI=1S/C21H33N3O4S2/c1-14(2)9-10-24(16-5-7-17(8-6-16)28-12-15-3-4-15)21(27)23-20-22-11-19(30-20)29-13-18(25)26/h11,14-17H,3-10,12-13H2,1-2H3,(H,25,26)(H,22,23,27)/t16-,17-. The molecule has 2 aliphatic carbocycles. The minimum atomic E-state index is -0.865. The molecule has 0 bridgehead atoms. The summed E-state index contributed by atoms with van der Waals surface area (Å²) in [6, 6.07) is 0.118. The third kappa shape index (κ3) is 7.74. The molecule has 7 nitrogen and oxygen atoms in total. The highest BCUT2D eigenvalue weighted by Crippen LogP contribution is 2.32. The number of anilines is 1. The van der Waals surface area contributed by atoms with Crippen molar-refractivity contribution in [2.45, 2.75) is 75.1 Å². The monoisotopic (exact) mass is 455 g/mol. The molecule has 0 aliphatic heterocycles. The van der Waals surface area contributed by atoms with E-state index in [4.69, 9.17) is 9.84 Å². The van der Waals surface area contributed by atoms with Crippen LogP contribution in [0.15, 0.2) is 10.4 Å². The Labute approximate surface area is 187 Å². The first-order valence-corrected chi connectivity index (χ1v) is 12.7. The summed E-state index contributed by atoms with van der Waals surface area (Å²) < 4.78 is 6.85. The van der Waals surface area contributed by atoms with E-state index in [0.717, 1.165) is 55.4 Å². The van der Waals surface area contributed by atoms with Gasteiger partial charge in [0.05, 0.1) is 22.3 Å². The Morgan fingerprint density at radius 3 is 2.67 bits per heavy atom. The van der Waals surface area contributed by atoms with E-state index in [-0.39, 0.29) is 17.8 Å². The van der Waals surface area contributed by atoms with Gasteiger partial charge in [-0.1, -0.05) is 25.2 Å². The first-order valence-electron chi connectivity index (χ1n) is 10.9. The molecule has 2 fully saturated rings. The fraction of sp³-hybridized carbons (Fsp3) is 0.762. The number of urea groups is 1. The van der Waals surface area contributed by atoms with Gasteiger partial charge in [0.2, 0.25) is 0 Å². The fourth-order valence-electron chi connectivity index (χ4n) is 3.61. The first kappa shape index (κ1) is 23.3. The Kier molecular flexibility index (Phi) is 8.83. The molecule has 2 N–H and O–H groups in total. The number of nitrogens with one attached hydrogen (secondary N) is 1. The van der Waals surface area contributed by atoms with E-state index < -0.39 is 5.97 Å². The lowest BCUT2D eigenvalue weighted by Crippen LogP contribution is -2.46. The van der Waals surface area contributed by atoms with Crippen molar-refractivity contribution in [1.82, 2.24) is 9.88 Å². The third-order valence-electron chi connectivity index (χ3n) is 5.59. The van der Waals surface area contributed by atoms with Crippen molar-refractivity contribution in [3.8, 4) is 0 Å². The average Bonchev–Trinajstić information content (AvgIpc) is 3.43. The molecule has 0 saturated heterocycles. The maximum Gasteiger partial charge on any atom is 0.323 e. The molecule has 9 heteroatoms. The van der Waals surface area contributed by atoms with Gasteiger partial charge in [-0.3, -0.25) is 10.1 Å². The number of thiazole rings is 1. The number of aromatic nitrogens is 1. The Bertz CT molecular complexity index is 700. The largest absolute Gasteiger partial charge is 0.481 e. The molecule has 2 amide bonds. The zero-order valence-electron chi connectivity index (χ0n) is 17.8. The normalized spacial score (nSPS) is 21.6. The van der Waals surface area contributed by atoms with E-state index in [0.29, 0.717) is 17.2 Å². The van der Waals surface area contributed by atoms with E-state index in [1.165, 1.54) is 35.9 Å². The van der Waals surface area contributed by atoms with Crippen LogP contribution in [0.25, 0.3) is 0 Å². The lowest BCUT2D eigenvalue weighted by Gasteiger charge is -2.37. The molecule has 168 valence electrons. The first-order chi connectivity index (χ1) is 14.4. The number of carbonyl (C=O) groups excluding carboxylic acids is 1. The van der Waals surface area contributed by atoms with Gasteiger partial charge in [-0.25, -0.2) is 9.78 Å². The summed E-state index contributed by atoms with van der Waals surface area (Å²) in [7, 11) is 0. The van der Waals surface area contributed by atoms with Gasteiger partial charge in [-0.2, -0.15) is 0 Å². The predicted octanol–water partition coefficient (Wildman–Crippen LogP) is 4.94. The van der Waals surface area contributed by atoms with E-state index in [2.05, 4.69) is 24.1 Å². The van der Waals surface area contributed by atoms with Gasteiger partial charge < -0.3 is 14.7 Å². The van der Waals surface area contributed by atoms with Crippen LogP contribution in [0.3, 0.4) is 0 Å². The van der Waals surface area contributed by atoms with Crippen LogP contribution in [0.5, 0.6) is 0 Å². The molecule has 0 spiro atoms. The van der Waals surface area contributed by atoms with Crippen LogP contribution in [-0.2, 0) is 9.53 Å². The number of rotatable bonds is 11. The SMILES string of the molecule is CC(C)CCN(C(=O)Nc1ncc(SCC(=O)O)s1)[C@H]1CC[C@H](OCC2CC2)CC1. The van der Waals surface area contributed by atoms with Gasteiger partial charge in [0.15, 0.2) is 5.13 Å². The number of amides is 2. The van der Waals surface area contributed by atoms with Crippen LogP contribution in [0.4, 0.5) is 9.93 Å². The molecule has 0 radical (unpaired) electrons. The predicted molar refractivity (Wildman–Crippen MR) is 120 cm³/mol. The molecule has 0 aromatic carbocycles. The average molecular weight is 456 g/mol. The third-order valence-corrected chi connectivity index (χ3v) is 7.69. The lowest BCUT2D eigenvalue weighted by atomic mass is 9.91. The Morgan fingerprint density at radius 2 is 2.03 bits per heavy atom. The van der Waals surface area contributed by atoms with Gasteiger partial charge in [0.1, 0.15) is 0 Å². The van der Waals surface area contributed by atoms with E-state index >= 15 is 0 Å². The Morgan fingerprint density at radius 1 is 1.30 bits per heavy atom. The number of aliphatic carboxylic acids is 1. The molecular weight excluding hydrogens is 422 g/mol. The summed E-state index contributed by atoms with van der Waals surface area (Å²) in [5.74, 6) is 0.433. The van der Waals surface area contributed by atoms with E-state index in [9.17, 15) is 9.59 Å². The van der Waals surface area contributed by atoms with Crippen LogP contribution in [0.1, 0.15) is 58.8 Å². The zero-order valence-corrected chi connectivity index (χ0v) is 19.5. The molecule has 1 aromatic heterocycles. The van der Waals surface area contributed by atoms with Gasteiger partial charge >= 0.3 is 12.0 Å². The molecule has 3 rings (SSSR count). The molecular formula is C21H33N3O4S2. The van der Waals surface area contributed by atoms with Crippen molar-refractivity contribution in [3.05, 3.63) is 6.20 Å². The van der Waals surface area contributed by atoms with Crippen molar-refractivity contribution in [3.63, 3.8) is 0 Å². The van der Waals surface area contributed by atoms with Gasteiger partial charge in [0.25, 0.3) is 0 Å². The number of hydrogen-bond donors (Lipinski definition) is 2. The maximum absolute atomic E-state index is 13.1. The number of hydrogen-bond acceptors (Lipinski definition) is 6. The van der Waals surface area contributed by atoms with Crippen LogP contribution in [0.2, 0.25) is 0 Å². The number of thioether (sulfide) groups is 1. The topological polar surface area (TPSA) is 91.8 Å². The molecule has 1 heterocycles. The van der Waals surface area contributed by atoms with Gasteiger partial charge in [0, 0.05) is 19.2 Å². The molecule has 2 aliphatic rings. The fourth-order valence-corrected chi connectivity index (χ4v) is 5.19. The summed E-state index contributed by atoms with van der Waals surface area (Å²) in [5.41, 5.74) is 0. The lowest BCUT2D eigenvalue weighted by molar-refractivity contribution is -0.133. The second kappa shape index (κ2) is 11.3. The number of carbonyl (C=O) groups is 2. The molecule has 30 heavy (non-hydrogen) atoms. The molecule has 2 saturated carbocycles. The number of carboxylic acid groups (broad SMARTS) is 1. The van der Waals surface area contributed by atoms with Crippen LogP contribution < -0.4 is 5.32 Å².